The first kappa shape index (κ1) is 25.8. The van der Waals surface area contributed by atoms with Crippen molar-refractivity contribution in [2.24, 2.45) is 11.1 Å². The van der Waals surface area contributed by atoms with Gasteiger partial charge in [0, 0.05) is 19.1 Å². The van der Waals surface area contributed by atoms with Crippen molar-refractivity contribution in [2.75, 3.05) is 13.6 Å². The number of nitrogens with two attached hydrogens (primary N) is 1. The highest BCUT2D eigenvalue weighted by Crippen LogP contribution is 2.62. The molecule has 1 saturated heterocycles. The Hall–Kier alpha value is -3.32. The van der Waals surface area contributed by atoms with Crippen LogP contribution in [0, 0.1) is 10.8 Å². The Morgan fingerprint density at radius 2 is 1.72 bits per heavy atom. The Balaban J connectivity index is 1.60. The molecule has 0 unspecified atom stereocenters. The van der Waals surface area contributed by atoms with Crippen LogP contribution in [-0.2, 0) is 4.79 Å². The quantitative estimate of drug-likeness (QED) is 0.315. The van der Waals surface area contributed by atoms with E-state index in [1.807, 2.05) is 0 Å². The van der Waals surface area contributed by atoms with Crippen LogP contribution in [0.1, 0.15) is 70.0 Å². The monoisotopic (exact) mass is 514 g/mol. The molecule has 4 rings (SSSR count). The van der Waals surface area contributed by atoms with Gasteiger partial charge in [-0.25, -0.2) is 9.59 Å². The number of aromatic hydroxyl groups is 1. The fraction of sp³-hybridized carbons (Fsp3) is 0.682. The molecule has 11 nitrogen and oxygen atoms in total. The number of nitrogen functional groups attached to an aromatic ring is 1. The van der Waals surface area contributed by atoms with Gasteiger partial charge in [0.2, 0.25) is 5.88 Å². The Morgan fingerprint density at radius 3 is 2.19 bits per heavy atom. The van der Waals surface area contributed by atoms with E-state index in [-0.39, 0.29) is 12.8 Å². The van der Waals surface area contributed by atoms with Crippen LogP contribution in [0.5, 0.6) is 5.88 Å². The molecule has 1 aliphatic heterocycles. The first-order valence-electron chi connectivity index (χ1n) is 11.7. The van der Waals surface area contributed by atoms with Crippen LogP contribution in [0.25, 0.3) is 0 Å². The third kappa shape index (κ3) is 3.68. The molecule has 0 radical (unpaired) electrons. The highest BCUT2D eigenvalue weighted by atomic mass is 19.4. The normalized spacial score (nSPS) is 28.5. The minimum atomic E-state index is -4.65. The maximum absolute atomic E-state index is 13.2. The summed E-state index contributed by atoms with van der Waals surface area (Å²) in [7, 11) is 1.18. The second kappa shape index (κ2) is 8.10. The lowest BCUT2D eigenvalue weighted by Gasteiger charge is -2.58. The van der Waals surface area contributed by atoms with Gasteiger partial charge in [0.15, 0.2) is 0 Å². The molecule has 3 fully saturated rings. The second-order valence-electron chi connectivity index (χ2n) is 10.5. The van der Waals surface area contributed by atoms with E-state index in [0.717, 1.165) is 14.0 Å². The van der Waals surface area contributed by atoms with Gasteiger partial charge in [-0.15, -0.1) is 0 Å². The van der Waals surface area contributed by atoms with Crippen molar-refractivity contribution >= 4 is 17.8 Å². The predicted molar refractivity (Wildman–Crippen MR) is 121 cm³/mol. The lowest BCUT2D eigenvalue weighted by atomic mass is 9.51. The molecule has 3 amide bonds. The van der Waals surface area contributed by atoms with Crippen molar-refractivity contribution in [3.63, 3.8) is 0 Å². The number of amides is 3. The number of carbonyl (C=O) groups is 2. The molecule has 0 aromatic carbocycles. The van der Waals surface area contributed by atoms with E-state index in [4.69, 9.17) is 11.1 Å². The van der Waals surface area contributed by atoms with Crippen molar-refractivity contribution in [1.82, 2.24) is 18.9 Å². The van der Waals surface area contributed by atoms with Crippen LogP contribution in [0.3, 0.4) is 0 Å². The fourth-order valence-electron chi connectivity index (χ4n) is 6.28. The molecule has 1 aromatic heterocycles. The van der Waals surface area contributed by atoms with Gasteiger partial charge in [0.25, 0.3) is 11.5 Å². The molecule has 36 heavy (non-hydrogen) atoms. The molecular weight excluding hydrogens is 485 g/mol. The lowest BCUT2D eigenvalue weighted by Crippen LogP contribution is -2.65. The van der Waals surface area contributed by atoms with Crippen LogP contribution in [0.15, 0.2) is 9.59 Å². The van der Waals surface area contributed by atoms with Crippen molar-refractivity contribution in [3.05, 3.63) is 26.4 Å². The number of aromatic nitrogens is 2. The standard InChI is InChI=1S/C22H29F3N6O5/c1-11(2)30-15(32)13(14(26)27)16(33)31(19(30)36)12-4-6-20(7-5-12)8-21(9-20)17(34)28(3)18(35)29(21)10-22(23,24)25/h11-12,33H,4-10H2,1-3H3,(H3,26,27). The summed E-state index contributed by atoms with van der Waals surface area (Å²) in [6, 6.07) is -2.07. The number of nitrogens with one attached hydrogen (secondary N) is 1. The van der Waals surface area contributed by atoms with Crippen LogP contribution >= 0.6 is 0 Å². The SMILES string of the molecule is CC(C)n1c(=O)c(C(=N)N)c(O)n(C2CCC3(CC2)CC2(C3)C(=O)N(C)C(=O)N2CC(F)(F)F)c1=O. The number of carbonyl (C=O) groups excluding carboxylic acids is 2. The predicted octanol–water partition coefficient (Wildman–Crippen LogP) is 1.67. The number of likely N-dealkylation sites (N-methyl/N-ethyl adjacent to an activating group) is 1. The number of halogens is 3. The first-order valence-corrected chi connectivity index (χ1v) is 11.7. The topological polar surface area (TPSA) is 155 Å². The van der Waals surface area contributed by atoms with Crippen molar-refractivity contribution in [3.8, 4) is 5.88 Å². The third-order valence-corrected chi connectivity index (χ3v) is 7.87. The molecule has 0 bridgehead atoms. The van der Waals surface area contributed by atoms with Gasteiger partial charge in [-0.3, -0.25) is 29.0 Å². The minimum absolute atomic E-state index is 0.0861. The average Bonchev–Trinajstić information content (AvgIpc) is 2.89. The van der Waals surface area contributed by atoms with Gasteiger partial charge >= 0.3 is 17.9 Å². The molecule has 2 saturated carbocycles. The number of urea groups is 1. The van der Waals surface area contributed by atoms with Crippen molar-refractivity contribution in [2.45, 2.75) is 76.2 Å². The maximum Gasteiger partial charge on any atom is 0.406 e. The lowest BCUT2D eigenvalue weighted by molar-refractivity contribution is -0.173. The van der Waals surface area contributed by atoms with Crippen molar-refractivity contribution in [1.29, 1.82) is 5.41 Å². The van der Waals surface area contributed by atoms with Crippen molar-refractivity contribution < 1.29 is 27.9 Å². The first-order chi connectivity index (χ1) is 16.6. The summed E-state index contributed by atoms with van der Waals surface area (Å²) < 4.78 is 41.5. The molecule has 2 spiro atoms. The zero-order chi connectivity index (χ0) is 27.0. The second-order valence-corrected chi connectivity index (χ2v) is 10.5. The molecule has 4 N–H and O–H groups in total. The average molecular weight is 515 g/mol. The largest absolute Gasteiger partial charge is 0.494 e. The summed E-state index contributed by atoms with van der Waals surface area (Å²) in [5.74, 6) is -2.00. The smallest absolute Gasteiger partial charge is 0.406 e. The number of hydrogen-bond acceptors (Lipinski definition) is 6. The summed E-state index contributed by atoms with van der Waals surface area (Å²) in [6.45, 7) is 1.72. The fourth-order valence-corrected chi connectivity index (χ4v) is 6.28. The van der Waals surface area contributed by atoms with Gasteiger partial charge in [-0.05, 0) is 57.8 Å². The number of nitrogens with zero attached hydrogens (tertiary/aromatic N) is 4. The number of rotatable bonds is 4. The Morgan fingerprint density at radius 1 is 1.17 bits per heavy atom. The molecule has 198 valence electrons. The number of imide groups is 1. The van der Waals surface area contributed by atoms with Crippen LogP contribution in [0.2, 0.25) is 0 Å². The highest BCUT2D eigenvalue weighted by molar-refractivity contribution is 6.07. The summed E-state index contributed by atoms with van der Waals surface area (Å²) in [5, 5.41) is 18.4. The van der Waals surface area contributed by atoms with Gasteiger partial charge < -0.3 is 15.7 Å². The highest BCUT2D eigenvalue weighted by Gasteiger charge is 2.69. The summed E-state index contributed by atoms with van der Waals surface area (Å²) in [5.41, 5.74) is 1.43. The number of alkyl halides is 3. The van der Waals surface area contributed by atoms with E-state index in [2.05, 4.69) is 0 Å². The molecule has 1 aromatic rings. The third-order valence-electron chi connectivity index (χ3n) is 7.87. The van der Waals surface area contributed by atoms with E-state index >= 15 is 0 Å². The van der Waals surface area contributed by atoms with Crippen LogP contribution in [-0.4, -0.2) is 67.1 Å². The van der Waals surface area contributed by atoms with Crippen LogP contribution < -0.4 is 17.0 Å². The van der Waals surface area contributed by atoms with E-state index in [1.54, 1.807) is 13.8 Å². The number of amidine groups is 1. The Labute approximate surface area is 203 Å². The Kier molecular flexibility index (Phi) is 5.80. The molecule has 0 atom stereocenters. The molecule has 2 heterocycles. The molecule has 14 heteroatoms. The maximum atomic E-state index is 13.2. The van der Waals surface area contributed by atoms with Gasteiger partial charge in [-0.2, -0.15) is 13.2 Å². The summed E-state index contributed by atoms with van der Waals surface area (Å²) >= 11 is 0. The summed E-state index contributed by atoms with van der Waals surface area (Å²) in [4.78, 5) is 52.3. The van der Waals surface area contributed by atoms with Gasteiger partial charge in [0.1, 0.15) is 23.5 Å². The van der Waals surface area contributed by atoms with Crippen LogP contribution in [0.4, 0.5) is 18.0 Å². The molecule has 3 aliphatic rings. The Bertz CT molecular complexity index is 1250. The zero-order valence-electron chi connectivity index (χ0n) is 20.2. The minimum Gasteiger partial charge on any atom is -0.494 e. The van der Waals surface area contributed by atoms with E-state index in [9.17, 15) is 37.5 Å². The van der Waals surface area contributed by atoms with E-state index in [1.165, 1.54) is 7.05 Å². The van der Waals surface area contributed by atoms with E-state index < -0.39 is 76.2 Å². The molecule has 2 aliphatic carbocycles. The summed E-state index contributed by atoms with van der Waals surface area (Å²) in [6.07, 6.45) is -2.92. The van der Waals surface area contributed by atoms with E-state index in [0.29, 0.717) is 30.6 Å². The zero-order valence-corrected chi connectivity index (χ0v) is 20.2. The van der Waals surface area contributed by atoms with Gasteiger partial charge in [-0.1, -0.05) is 0 Å². The van der Waals surface area contributed by atoms with Gasteiger partial charge in [0.05, 0.1) is 0 Å². The number of hydrogen-bond donors (Lipinski definition) is 3. The molecular formula is C22H29F3N6O5.